The normalized spacial score (nSPS) is 17.8. The first kappa shape index (κ1) is 18.2. The zero-order chi connectivity index (χ0) is 18.9. The van der Waals surface area contributed by atoms with Gasteiger partial charge in [-0.05, 0) is 37.3 Å². The highest BCUT2D eigenvalue weighted by Crippen LogP contribution is 2.32. The molecule has 26 heavy (non-hydrogen) atoms. The lowest BCUT2D eigenvalue weighted by molar-refractivity contribution is -0.117. The summed E-state index contributed by atoms with van der Waals surface area (Å²) in [6.45, 7) is 1.60. The van der Waals surface area contributed by atoms with Gasteiger partial charge < -0.3 is 0 Å². The fraction of sp³-hybridized carbons (Fsp3) is 0.125. The number of benzene rings is 2. The van der Waals surface area contributed by atoms with Crippen LogP contribution in [0.1, 0.15) is 6.92 Å². The molecule has 0 spiro atoms. The Hall–Kier alpha value is -2.62. The molecule has 10 heteroatoms. The molecule has 3 rings (SSSR count). The Morgan fingerprint density at radius 2 is 1.88 bits per heavy atom. The van der Waals surface area contributed by atoms with Crippen LogP contribution in [0.2, 0.25) is 5.02 Å². The van der Waals surface area contributed by atoms with Crippen LogP contribution in [0.3, 0.4) is 0 Å². The Labute approximate surface area is 154 Å². The first-order chi connectivity index (χ1) is 12.3. The van der Waals surface area contributed by atoms with E-state index in [0.29, 0.717) is 11.4 Å². The highest BCUT2D eigenvalue weighted by atomic mass is 35.5. The number of amides is 1. The second-order valence-electron chi connectivity index (χ2n) is 5.43. The van der Waals surface area contributed by atoms with Crippen molar-refractivity contribution in [1.29, 1.82) is 0 Å². The maximum absolute atomic E-state index is 12.6. The zero-order valence-electron chi connectivity index (χ0n) is 13.4. The molecule has 0 unspecified atom stereocenters. The van der Waals surface area contributed by atoms with E-state index in [1.807, 2.05) is 6.07 Å². The van der Waals surface area contributed by atoms with Gasteiger partial charge in [-0.1, -0.05) is 29.8 Å². The lowest BCUT2D eigenvalue weighted by Crippen LogP contribution is -2.30. The summed E-state index contributed by atoms with van der Waals surface area (Å²) in [5.41, 5.74) is 0.990. The summed E-state index contributed by atoms with van der Waals surface area (Å²) in [6.07, 6.45) is 0. The molecule has 1 amide bonds. The van der Waals surface area contributed by atoms with Crippen LogP contribution in [0.5, 0.6) is 0 Å². The van der Waals surface area contributed by atoms with Crippen molar-refractivity contribution in [2.75, 3.05) is 5.01 Å². The van der Waals surface area contributed by atoms with Crippen molar-refractivity contribution in [2.24, 2.45) is 15.3 Å². The minimum atomic E-state index is -4.45. The van der Waals surface area contributed by atoms with Gasteiger partial charge in [0.25, 0.3) is 16.0 Å². The summed E-state index contributed by atoms with van der Waals surface area (Å²) in [5, 5.41) is 13.2. The fourth-order valence-corrected chi connectivity index (χ4v) is 2.99. The van der Waals surface area contributed by atoms with E-state index in [9.17, 15) is 17.8 Å². The molecule has 1 heterocycles. The minimum absolute atomic E-state index is 0.0311. The molecule has 0 saturated carbocycles. The van der Waals surface area contributed by atoms with E-state index >= 15 is 0 Å². The van der Waals surface area contributed by atoms with Gasteiger partial charge in [0.05, 0.1) is 27.0 Å². The third kappa shape index (κ3) is 3.64. The second-order valence-corrected chi connectivity index (χ2v) is 7.26. The van der Waals surface area contributed by atoms with Crippen LogP contribution in [0.15, 0.2) is 68.8 Å². The van der Waals surface area contributed by atoms with Crippen molar-refractivity contribution in [3.63, 3.8) is 0 Å². The van der Waals surface area contributed by atoms with Crippen molar-refractivity contribution in [1.82, 2.24) is 0 Å². The van der Waals surface area contributed by atoms with E-state index in [2.05, 4.69) is 15.3 Å². The van der Waals surface area contributed by atoms with Gasteiger partial charge in [0.15, 0.2) is 6.04 Å². The molecule has 0 radical (unpaired) electrons. The van der Waals surface area contributed by atoms with Gasteiger partial charge in [-0.25, -0.2) is 0 Å². The highest BCUT2D eigenvalue weighted by Gasteiger charge is 2.36. The van der Waals surface area contributed by atoms with E-state index in [4.69, 9.17) is 11.6 Å². The van der Waals surface area contributed by atoms with Crippen molar-refractivity contribution in [3.05, 3.63) is 53.6 Å². The molecule has 0 saturated heterocycles. The molecule has 134 valence electrons. The van der Waals surface area contributed by atoms with Crippen LogP contribution in [-0.2, 0) is 14.9 Å². The topological polar surface area (TPSA) is 112 Å². The Morgan fingerprint density at radius 1 is 1.19 bits per heavy atom. The van der Waals surface area contributed by atoms with Crippen LogP contribution in [-0.4, -0.2) is 30.6 Å². The minimum Gasteiger partial charge on any atom is -0.282 e. The molecule has 0 aliphatic carbocycles. The smallest absolute Gasteiger partial charge is 0.282 e. The van der Waals surface area contributed by atoms with Crippen LogP contribution in [0.25, 0.3) is 0 Å². The Kier molecular flexibility index (Phi) is 4.86. The predicted octanol–water partition coefficient (Wildman–Crippen LogP) is 3.46. The van der Waals surface area contributed by atoms with Gasteiger partial charge in [-0.15, -0.1) is 0 Å². The number of nitrogens with zero attached hydrogens (tertiary/aromatic N) is 4. The fourth-order valence-electron chi connectivity index (χ4n) is 2.30. The Morgan fingerprint density at radius 3 is 2.54 bits per heavy atom. The number of halogens is 1. The number of anilines is 1. The van der Waals surface area contributed by atoms with E-state index in [0.717, 1.165) is 17.1 Å². The quantitative estimate of drug-likeness (QED) is 0.634. The molecule has 1 aliphatic rings. The summed E-state index contributed by atoms with van der Waals surface area (Å²) in [5.74, 6) is -0.531. The summed E-state index contributed by atoms with van der Waals surface area (Å²) in [6, 6.07) is 11.4. The first-order valence-electron chi connectivity index (χ1n) is 7.39. The SMILES string of the molecule is CC1=NN(c2cc(S(=O)(=O)O)ccc2Cl)C(=O)[C@@H]1N=Nc1ccccc1. The monoisotopic (exact) mass is 392 g/mol. The Balaban J connectivity index is 1.92. The maximum Gasteiger partial charge on any atom is 0.294 e. The third-order valence-electron chi connectivity index (χ3n) is 3.58. The number of hydrazone groups is 1. The molecule has 0 fully saturated rings. The summed E-state index contributed by atoms with van der Waals surface area (Å²) >= 11 is 6.07. The molecule has 8 nitrogen and oxygen atoms in total. The molecule has 1 aliphatic heterocycles. The largest absolute Gasteiger partial charge is 0.294 e. The standard InChI is InChI=1S/C16H13ClN4O4S/c1-10-15(19-18-11-5-3-2-4-6-11)16(22)21(20-10)14-9-12(26(23,24)25)7-8-13(14)17/h2-9,15H,1H3,(H,23,24,25)/t15-/m1/s1. The molecule has 0 aromatic heterocycles. The van der Waals surface area contributed by atoms with Gasteiger partial charge in [0, 0.05) is 0 Å². The average Bonchev–Trinajstić information content (AvgIpc) is 2.87. The number of carbonyl (C=O) groups is 1. The van der Waals surface area contributed by atoms with Crippen LogP contribution in [0.4, 0.5) is 11.4 Å². The predicted molar refractivity (Wildman–Crippen MR) is 96.6 cm³/mol. The highest BCUT2D eigenvalue weighted by molar-refractivity contribution is 7.85. The summed E-state index contributed by atoms with van der Waals surface area (Å²) in [7, 11) is -4.45. The number of hydrogen-bond acceptors (Lipinski definition) is 6. The number of hydrogen-bond donors (Lipinski definition) is 1. The first-order valence-corrected chi connectivity index (χ1v) is 9.21. The number of carbonyl (C=O) groups excluding carboxylic acids is 1. The van der Waals surface area contributed by atoms with Crippen LogP contribution < -0.4 is 5.01 Å². The molecule has 1 atom stereocenters. The average molecular weight is 393 g/mol. The number of azo groups is 1. The summed E-state index contributed by atoms with van der Waals surface area (Å²) in [4.78, 5) is 12.2. The number of rotatable bonds is 4. The van der Waals surface area contributed by atoms with E-state index in [1.54, 1.807) is 31.2 Å². The van der Waals surface area contributed by atoms with E-state index in [-0.39, 0.29) is 10.7 Å². The van der Waals surface area contributed by atoms with Gasteiger partial charge in [0.1, 0.15) is 0 Å². The van der Waals surface area contributed by atoms with Gasteiger partial charge in [-0.3, -0.25) is 9.35 Å². The van der Waals surface area contributed by atoms with Crippen molar-refractivity contribution >= 4 is 44.7 Å². The van der Waals surface area contributed by atoms with E-state index < -0.39 is 27.0 Å². The van der Waals surface area contributed by atoms with Crippen molar-refractivity contribution < 1.29 is 17.8 Å². The van der Waals surface area contributed by atoms with Gasteiger partial charge in [0.2, 0.25) is 0 Å². The lowest BCUT2D eigenvalue weighted by atomic mass is 10.2. The maximum atomic E-state index is 12.6. The summed E-state index contributed by atoms with van der Waals surface area (Å²) < 4.78 is 31.8. The molecular weight excluding hydrogens is 380 g/mol. The lowest BCUT2D eigenvalue weighted by Gasteiger charge is -2.15. The van der Waals surface area contributed by atoms with Crippen molar-refractivity contribution in [3.8, 4) is 0 Å². The second kappa shape index (κ2) is 6.94. The zero-order valence-corrected chi connectivity index (χ0v) is 15.0. The third-order valence-corrected chi connectivity index (χ3v) is 4.75. The molecule has 2 aromatic carbocycles. The Bertz CT molecular complexity index is 1020. The van der Waals surface area contributed by atoms with Gasteiger partial charge in [-0.2, -0.15) is 28.8 Å². The molecule has 0 bridgehead atoms. The van der Waals surface area contributed by atoms with Crippen LogP contribution >= 0.6 is 11.6 Å². The van der Waals surface area contributed by atoms with Crippen molar-refractivity contribution in [2.45, 2.75) is 17.9 Å². The molecular formula is C16H13ClN4O4S. The van der Waals surface area contributed by atoms with Gasteiger partial charge >= 0.3 is 0 Å². The molecule has 1 N–H and O–H groups in total. The van der Waals surface area contributed by atoms with E-state index in [1.165, 1.54) is 6.07 Å². The molecule has 2 aromatic rings. The van der Waals surface area contributed by atoms with Crippen LogP contribution in [0, 0.1) is 0 Å².